The SMILES string of the molecule is OCC1O[C@@H]1c1cccc(F)c1. The van der Waals surface area contributed by atoms with Gasteiger partial charge in [0.15, 0.2) is 0 Å². The Morgan fingerprint density at radius 3 is 2.92 bits per heavy atom. The van der Waals surface area contributed by atoms with Crippen molar-refractivity contribution in [3.63, 3.8) is 0 Å². The second-order valence-electron chi connectivity index (χ2n) is 2.83. The fourth-order valence-corrected chi connectivity index (χ4v) is 1.26. The second kappa shape index (κ2) is 2.84. The summed E-state index contributed by atoms with van der Waals surface area (Å²) in [5.74, 6) is -0.264. The van der Waals surface area contributed by atoms with Crippen molar-refractivity contribution in [2.24, 2.45) is 0 Å². The van der Waals surface area contributed by atoms with Gasteiger partial charge in [-0.1, -0.05) is 12.1 Å². The van der Waals surface area contributed by atoms with E-state index < -0.39 is 0 Å². The molecule has 1 fully saturated rings. The van der Waals surface area contributed by atoms with Gasteiger partial charge in [-0.2, -0.15) is 0 Å². The first-order valence-electron chi connectivity index (χ1n) is 3.83. The van der Waals surface area contributed by atoms with E-state index in [-0.39, 0.29) is 24.6 Å². The van der Waals surface area contributed by atoms with Gasteiger partial charge in [-0.15, -0.1) is 0 Å². The molecular formula is C9H9FO2. The Hall–Kier alpha value is -0.930. The summed E-state index contributed by atoms with van der Waals surface area (Å²) in [6.07, 6.45) is -0.238. The molecule has 2 nitrogen and oxygen atoms in total. The highest BCUT2D eigenvalue weighted by atomic mass is 19.1. The minimum absolute atomic E-state index is 0.00117. The van der Waals surface area contributed by atoms with Crippen LogP contribution in [0.5, 0.6) is 0 Å². The van der Waals surface area contributed by atoms with Gasteiger partial charge in [0, 0.05) is 0 Å². The largest absolute Gasteiger partial charge is 0.394 e. The third-order valence-electron chi connectivity index (χ3n) is 1.94. The van der Waals surface area contributed by atoms with Crippen LogP contribution < -0.4 is 0 Å². The first-order chi connectivity index (χ1) is 5.81. The molecule has 0 amide bonds. The van der Waals surface area contributed by atoms with Crippen LogP contribution in [0.25, 0.3) is 0 Å². The van der Waals surface area contributed by atoms with Crippen LogP contribution >= 0.6 is 0 Å². The highest BCUT2D eigenvalue weighted by Crippen LogP contribution is 2.38. The number of hydrogen-bond donors (Lipinski definition) is 1. The zero-order valence-electron chi connectivity index (χ0n) is 6.40. The highest BCUT2D eigenvalue weighted by Gasteiger charge is 2.39. The quantitative estimate of drug-likeness (QED) is 0.674. The molecular weight excluding hydrogens is 159 g/mol. The number of benzene rings is 1. The zero-order chi connectivity index (χ0) is 8.55. The molecule has 12 heavy (non-hydrogen) atoms. The lowest BCUT2D eigenvalue weighted by Gasteiger charge is -1.94. The van der Waals surface area contributed by atoms with Crippen LogP contribution in [0.15, 0.2) is 24.3 Å². The molecule has 0 bridgehead atoms. The molecule has 64 valence electrons. The van der Waals surface area contributed by atoms with E-state index in [1.54, 1.807) is 12.1 Å². The molecule has 0 spiro atoms. The molecule has 1 unspecified atom stereocenters. The normalized spacial score (nSPS) is 27.2. The van der Waals surface area contributed by atoms with Crippen molar-refractivity contribution in [1.82, 2.24) is 0 Å². The van der Waals surface area contributed by atoms with E-state index in [1.165, 1.54) is 12.1 Å². The highest BCUT2D eigenvalue weighted by molar-refractivity contribution is 5.23. The van der Waals surface area contributed by atoms with Crippen molar-refractivity contribution in [2.75, 3.05) is 6.61 Å². The van der Waals surface area contributed by atoms with Gasteiger partial charge in [0.1, 0.15) is 18.0 Å². The molecule has 1 aromatic rings. The Morgan fingerprint density at radius 1 is 1.50 bits per heavy atom. The van der Waals surface area contributed by atoms with Crippen LogP contribution in [0.3, 0.4) is 0 Å². The summed E-state index contributed by atoms with van der Waals surface area (Å²) in [6.45, 7) is 0.00117. The van der Waals surface area contributed by atoms with Gasteiger partial charge in [0.25, 0.3) is 0 Å². The predicted octanol–water partition coefficient (Wildman–Crippen LogP) is 1.26. The summed E-state index contributed by atoms with van der Waals surface area (Å²) in [5, 5.41) is 8.69. The first-order valence-corrected chi connectivity index (χ1v) is 3.83. The summed E-state index contributed by atoms with van der Waals surface area (Å²) >= 11 is 0. The molecule has 0 radical (unpaired) electrons. The third kappa shape index (κ3) is 1.33. The number of aliphatic hydroxyl groups is 1. The Kier molecular flexibility index (Phi) is 1.83. The Balaban J connectivity index is 2.14. The standard InChI is InChI=1S/C9H9FO2/c10-7-3-1-2-6(4-7)9-8(5-11)12-9/h1-4,8-9,11H,5H2/t8?,9-/m1/s1. The molecule has 2 atom stereocenters. The number of aliphatic hydroxyl groups excluding tert-OH is 1. The fourth-order valence-electron chi connectivity index (χ4n) is 1.26. The molecule has 1 aromatic carbocycles. The van der Waals surface area contributed by atoms with Crippen molar-refractivity contribution in [3.05, 3.63) is 35.6 Å². The van der Waals surface area contributed by atoms with E-state index in [0.29, 0.717) is 0 Å². The molecule has 0 saturated carbocycles. The second-order valence-corrected chi connectivity index (χ2v) is 2.83. The maximum absolute atomic E-state index is 12.7. The molecule has 0 aromatic heterocycles. The van der Waals surface area contributed by atoms with Crippen LogP contribution in [0, 0.1) is 5.82 Å². The number of rotatable bonds is 2. The summed E-state index contributed by atoms with van der Waals surface area (Å²) < 4.78 is 17.8. The van der Waals surface area contributed by atoms with Gasteiger partial charge in [0.2, 0.25) is 0 Å². The lowest BCUT2D eigenvalue weighted by Crippen LogP contribution is -1.94. The van der Waals surface area contributed by atoms with Crippen molar-refractivity contribution < 1.29 is 14.2 Å². The number of hydrogen-bond acceptors (Lipinski definition) is 2. The molecule has 1 aliphatic heterocycles. The molecule has 3 heteroatoms. The molecule has 0 aliphatic carbocycles. The molecule has 1 saturated heterocycles. The summed E-state index contributed by atoms with van der Waals surface area (Å²) in [6, 6.07) is 6.25. The average molecular weight is 168 g/mol. The van der Waals surface area contributed by atoms with Crippen LogP contribution in [0.1, 0.15) is 11.7 Å². The van der Waals surface area contributed by atoms with Crippen LogP contribution in [-0.2, 0) is 4.74 Å². The topological polar surface area (TPSA) is 32.8 Å². The van der Waals surface area contributed by atoms with E-state index in [9.17, 15) is 4.39 Å². The summed E-state index contributed by atoms with van der Waals surface area (Å²) in [5.41, 5.74) is 0.800. The van der Waals surface area contributed by atoms with Gasteiger partial charge in [-0.3, -0.25) is 0 Å². The smallest absolute Gasteiger partial charge is 0.123 e. The Labute approximate surface area is 69.6 Å². The lowest BCUT2D eigenvalue weighted by molar-refractivity contribution is 0.242. The van der Waals surface area contributed by atoms with E-state index in [0.717, 1.165) is 5.56 Å². The number of halogens is 1. The van der Waals surface area contributed by atoms with Crippen LogP contribution in [0.4, 0.5) is 4.39 Å². The summed E-state index contributed by atoms with van der Waals surface area (Å²) in [4.78, 5) is 0. The number of epoxide rings is 1. The van der Waals surface area contributed by atoms with Crippen LogP contribution in [-0.4, -0.2) is 17.8 Å². The van der Waals surface area contributed by atoms with Crippen molar-refractivity contribution in [2.45, 2.75) is 12.2 Å². The van der Waals surface area contributed by atoms with Gasteiger partial charge in [-0.25, -0.2) is 4.39 Å². The monoisotopic (exact) mass is 168 g/mol. The number of ether oxygens (including phenoxy) is 1. The van der Waals surface area contributed by atoms with Gasteiger partial charge in [0.05, 0.1) is 6.61 Å². The van der Waals surface area contributed by atoms with E-state index in [2.05, 4.69) is 0 Å². The third-order valence-corrected chi connectivity index (χ3v) is 1.94. The van der Waals surface area contributed by atoms with E-state index in [1.807, 2.05) is 0 Å². The van der Waals surface area contributed by atoms with E-state index in [4.69, 9.17) is 9.84 Å². The first kappa shape index (κ1) is 7.71. The van der Waals surface area contributed by atoms with Gasteiger partial charge >= 0.3 is 0 Å². The van der Waals surface area contributed by atoms with Crippen molar-refractivity contribution >= 4 is 0 Å². The lowest BCUT2D eigenvalue weighted by atomic mass is 10.1. The zero-order valence-corrected chi connectivity index (χ0v) is 6.40. The Morgan fingerprint density at radius 2 is 2.33 bits per heavy atom. The fraction of sp³-hybridized carbons (Fsp3) is 0.333. The molecule has 1 N–H and O–H groups in total. The predicted molar refractivity (Wildman–Crippen MR) is 41.1 cm³/mol. The molecule has 1 aliphatic rings. The molecule has 1 heterocycles. The van der Waals surface area contributed by atoms with Gasteiger partial charge < -0.3 is 9.84 Å². The maximum atomic E-state index is 12.7. The average Bonchev–Trinajstić information content (AvgIpc) is 2.83. The van der Waals surface area contributed by atoms with Crippen molar-refractivity contribution in [1.29, 1.82) is 0 Å². The minimum Gasteiger partial charge on any atom is -0.394 e. The molecule has 2 rings (SSSR count). The van der Waals surface area contributed by atoms with Crippen molar-refractivity contribution in [3.8, 4) is 0 Å². The maximum Gasteiger partial charge on any atom is 0.123 e. The Bertz CT molecular complexity index is 288. The van der Waals surface area contributed by atoms with Gasteiger partial charge in [-0.05, 0) is 17.7 Å². The minimum atomic E-state index is -0.264. The summed E-state index contributed by atoms with van der Waals surface area (Å²) in [7, 11) is 0. The van der Waals surface area contributed by atoms with E-state index >= 15 is 0 Å². The van der Waals surface area contributed by atoms with Crippen LogP contribution in [0.2, 0.25) is 0 Å².